The van der Waals surface area contributed by atoms with Crippen LogP contribution < -0.4 is 10.3 Å². The number of nitrogens with zero attached hydrogens (tertiary/aromatic N) is 3. The van der Waals surface area contributed by atoms with Crippen molar-refractivity contribution in [2.24, 2.45) is 5.10 Å². The molecule has 0 bridgehead atoms. The molecule has 0 fully saturated rings. The van der Waals surface area contributed by atoms with Crippen molar-refractivity contribution in [1.82, 2.24) is 4.98 Å². The fraction of sp³-hybridized carbons (Fsp3) is 0.0714. The summed E-state index contributed by atoms with van der Waals surface area (Å²) in [5.74, 6) is -1.55. The molecule has 36 heavy (non-hydrogen) atoms. The molecular formula is C28H22N4O4. The molecule has 1 amide bonds. The van der Waals surface area contributed by atoms with Crippen molar-refractivity contribution in [2.75, 3.05) is 10.3 Å². The summed E-state index contributed by atoms with van der Waals surface area (Å²) in [6, 6.07) is 21.1. The van der Waals surface area contributed by atoms with Crippen molar-refractivity contribution in [3.8, 4) is 16.9 Å². The first-order chi connectivity index (χ1) is 17.3. The number of hydrazone groups is 1. The zero-order valence-electron chi connectivity index (χ0n) is 19.6. The lowest BCUT2D eigenvalue weighted by atomic mass is 10.0. The highest BCUT2D eigenvalue weighted by Gasteiger charge is 2.35. The van der Waals surface area contributed by atoms with E-state index >= 15 is 0 Å². The number of nitrogens with one attached hydrogen (secondary N) is 1. The summed E-state index contributed by atoms with van der Waals surface area (Å²) in [5.41, 5.74) is 8.09. The topological polar surface area (TPSA) is 115 Å². The molecule has 0 aliphatic carbocycles. The maximum absolute atomic E-state index is 13.5. The number of anilines is 3. The Balaban J connectivity index is 1.51. The molecule has 0 radical (unpaired) electrons. The number of carbonyl (C=O) groups is 2. The quantitative estimate of drug-likeness (QED) is 0.337. The van der Waals surface area contributed by atoms with Crippen LogP contribution in [0.4, 0.5) is 17.2 Å². The van der Waals surface area contributed by atoms with Crippen LogP contribution >= 0.6 is 0 Å². The third-order valence-electron chi connectivity index (χ3n) is 5.89. The van der Waals surface area contributed by atoms with Crippen LogP contribution in [0.3, 0.4) is 0 Å². The van der Waals surface area contributed by atoms with Crippen LogP contribution in [-0.4, -0.2) is 32.8 Å². The Labute approximate surface area is 207 Å². The van der Waals surface area contributed by atoms with E-state index in [0.717, 1.165) is 16.8 Å². The first kappa shape index (κ1) is 22.8. The van der Waals surface area contributed by atoms with Gasteiger partial charge in [0.1, 0.15) is 0 Å². The van der Waals surface area contributed by atoms with Gasteiger partial charge in [0.05, 0.1) is 11.3 Å². The molecule has 1 aliphatic heterocycles. The fourth-order valence-electron chi connectivity index (χ4n) is 4.34. The highest BCUT2D eigenvalue weighted by Crippen LogP contribution is 2.37. The molecule has 0 spiro atoms. The Kier molecular flexibility index (Phi) is 5.69. The van der Waals surface area contributed by atoms with Crippen molar-refractivity contribution in [1.29, 1.82) is 0 Å². The fourth-order valence-corrected chi connectivity index (χ4v) is 4.34. The molecule has 0 atom stereocenters. The predicted molar refractivity (Wildman–Crippen MR) is 138 cm³/mol. The number of aromatic hydroxyl groups is 1. The van der Waals surface area contributed by atoms with E-state index < -0.39 is 5.97 Å². The summed E-state index contributed by atoms with van der Waals surface area (Å²) in [6.07, 6.45) is 1.47. The number of pyridine rings is 1. The van der Waals surface area contributed by atoms with E-state index in [0.29, 0.717) is 22.4 Å². The van der Waals surface area contributed by atoms with Gasteiger partial charge >= 0.3 is 5.97 Å². The third kappa shape index (κ3) is 4.05. The van der Waals surface area contributed by atoms with Gasteiger partial charge in [0, 0.05) is 23.0 Å². The minimum atomic E-state index is -1.07. The smallest absolute Gasteiger partial charge is 0.335 e. The van der Waals surface area contributed by atoms with Crippen LogP contribution in [0.2, 0.25) is 0 Å². The van der Waals surface area contributed by atoms with E-state index in [1.54, 1.807) is 23.1 Å². The standard InChI is InChI=1S/C28H22N4O4/c1-16-12-17(2)14-20(13-16)32-23-9-4-3-8-22(23)24(27(32)34)30-31-26-25(33)21(10-11-29-26)18-6-5-7-19(15-18)28(35)36/h3-15,33H,1-2H3,(H,29,31)(H,35,36). The van der Waals surface area contributed by atoms with E-state index in [-0.39, 0.29) is 28.7 Å². The van der Waals surface area contributed by atoms with Crippen molar-refractivity contribution in [3.63, 3.8) is 0 Å². The molecule has 0 saturated heterocycles. The number of aromatic nitrogens is 1. The number of carboxylic acids is 1. The number of rotatable bonds is 5. The van der Waals surface area contributed by atoms with Crippen molar-refractivity contribution in [2.45, 2.75) is 13.8 Å². The normalized spacial score (nSPS) is 13.7. The number of carboxylic acid groups (broad SMARTS) is 1. The molecule has 2 heterocycles. The van der Waals surface area contributed by atoms with E-state index in [4.69, 9.17) is 0 Å². The van der Waals surface area contributed by atoms with Gasteiger partial charge in [-0.2, -0.15) is 5.10 Å². The van der Waals surface area contributed by atoms with Gasteiger partial charge in [0.15, 0.2) is 17.3 Å². The summed E-state index contributed by atoms with van der Waals surface area (Å²) in [4.78, 5) is 30.6. The van der Waals surface area contributed by atoms with Gasteiger partial charge in [0.25, 0.3) is 5.91 Å². The van der Waals surface area contributed by atoms with E-state index in [9.17, 15) is 19.8 Å². The Bertz CT molecular complexity index is 1540. The van der Waals surface area contributed by atoms with Gasteiger partial charge in [-0.1, -0.05) is 36.4 Å². The number of para-hydroxylation sites is 1. The van der Waals surface area contributed by atoms with Crippen LogP contribution in [0.1, 0.15) is 27.0 Å². The molecule has 1 aromatic heterocycles. The van der Waals surface area contributed by atoms with E-state index in [2.05, 4.69) is 15.5 Å². The van der Waals surface area contributed by atoms with Crippen LogP contribution in [0.5, 0.6) is 5.75 Å². The van der Waals surface area contributed by atoms with Crippen LogP contribution in [-0.2, 0) is 4.79 Å². The molecule has 8 heteroatoms. The maximum Gasteiger partial charge on any atom is 0.335 e. The zero-order chi connectivity index (χ0) is 25.4. The van der Waals surface area contributed by atoms with Gasteiger partial charge < -0.3 is 10.2 Å². The highest BCUT2D eigenvalue weighted by molar-refractivity contribution is 6.55. The van der Waals surface area contributed by atoms with Crippen molar-refractivity contribution >= 4 is 34.8 Å². The molecule has 3 aromatic carbocycles. The van der Waals surface area contributed by atoms with Gasteiger partial charge in [0.2, 0.25) is 0 Å². The Hall–Kier alpha value is -4.98. The van der Waals surface area contributed by atoms with Gasteiger partial charge in [-0.15, -0.1) is 0 Å². The van der Waals surface area contributed by atoms with Gasteiger partial charge in [-0.25, -0.2) is 9.78 Å². The number of hydrogen-bond donors (Lipinski definition) is 3. The molecule has 0 unspecified atom stereocenters. The number of aryl methyl sites for hydroxylation is 2. The number of amides is 1. The zero-order valence-corrected chi connectivity index (χ0v) is 19.6. The van der Waals surface area contributed by atoms with Crippen LogP contribution in [0.25, 0.3) is 11.1 Å². The predicted octanol–water partition coefficient (Wildman–Crippen LogP) is 5.26. The largest absolute Gasteiger partial charge is 0.504 e. The average molecular weight is 479 g/mol. The van der Waals surface area contributed by atoms with E-state index in [1.165, 1.54) is 18.3 Å². The van der Waals surface area contributed by atoms with Crippen molar-refractivity contribution in [3.05, 3.63) is 101 Å². The number of hydrogen-bond acceptors (Lipinski definition) is 6. The van der Waals surface area contributed by atoms with Crippen LogP contribution in [0.15, 0.2) is 84.1 Å². The van der Waals surface area contributed by atoms with Crippen LogP contribution in [0, 0.1) is 13.8 Å². The molecule has 1 aliphatic rings. The van der Waals surface area contributed by atoms with Crippen molar-refractivity contribution < 1.29 is 19.8 Å². The minimum absolute atomic E-state index is 0.0378. The Morgan fingerprint density at radius 1 is 0.944 bits per heavy atom. The maximum atomic E-state index is 13.5. The van der Waals surface area contributed by atoms with E-state index in [1.807, 2.05) is 56.3 Å². The summed E-state index contributed by atoms with van der Waals surface area (Å²) < 4.78 is 0. The Morgan fingerprint density at radius 3 is 2.44 bits per heavy atom. The molecule has 3 N–H and O–H groups in total. The summed E-state index contributed by atoms with van der Waals surface area (Å²) in [5, 5.41) is 24.5. The lowest BCUT2D eigenvalue weighted by Crippen LogP contribution is -2.26. The molecule has 4 aromatic rings. The minimum Gasteiger partial charge on any atom is -0.504 e. The summed E-state index contributed by atoms with van der Waals surface area (Å²) >= 11 is 0. The lowest BCUT2D eigenvalue weighted by molar-refractivity contribution is -0.111. The second-order valence-corrected chi connectivity index (χ2v) is 8.52. The molecule has 8 nitrogen and oxygen atoms in total. The summed E-state index contributed by atoms with van der Waals surface area (Å²) in [7, 11) is 0. The second-order valence-electron chi connectivity index (χ2n) is 8.52. The SMILES string of the molecule is Cc1cc(C)cc(N2C(=O)C(=NNc3nccc(-c4cccc(C(=O)O)c4)c3O)c3ccccc32)c1. The molecule has 0 saturated carbocycles. The number of fused-ring (bicyclic) bond motifs is 1. The van der Waals surface area contributed by atoms with Gasteiger partial charge in [-0.05, 0) is 66.9 Å². The monoisotopic (exact) mass is 478 g/mol. The molecule has 178 valence electrons. The highest BCUT2D eigenvalue weighted by atomic mass is 16.4. The average Bonchev–Trinajstić information content (AvgIpc) is 3.14. The first-order valence-corrected chi connectivity index (χ1v) is 11.2. The molecular weight excluding hydrogens is 456 g/mol. The summed E-state index contributed by atoms with van der Waals surface area (Å²) in [6.45, 7) is 3.96. The third-order valence-corrected chi connectivity index (χ3v) is 5.89. The number of aromatic carboxylic acids is 1. The number of carbonyl (C=O) groups excluding carboxylic acids is 1. The number of benzene rings is 3. The Morgan fingerprint density at radius 2 is 1.69 bits per heavy atom. The van der Waals surface area contributed by atoms with Gasteiger partial charge in [-0.3, -0.25) is 15.1 Å². The second kappa shape index (κ2) is 8.99. The lowest BCUT2D eigenvalue weighted by Gasteiger charge is -2.18. The first-order valence-electron chi connectivity index (χ1n) is 11.2. The molecule has 5 rings (SSSR count).